The van der Waals surface area contributed by atoms with Crippen LogP contribution in [-0.4, -0.2) is 41.7 Å². The molecule has 43 heavy (non-hydrogen) atoms. The van der Waals surface area contributed by atoms with Gasteiger partial charge < -0.3 is 19.7 Å². The fourth-order valence-electron chi connectivity index (χ4n) is 5.04. The molecule has 2 aliphatic rings. The summed E-state index contributed by atoms with van der Waals surface area (Å²) in [6.07, 6.45) is 0. The molecule has 3 amide bonds. The molecule has 9 nitrogen and oxygen atoms in total. The lowest BCUT2D eigenvalue weighted by atomic mass is 10.0. The fraction of sp³-hybridized carbons (Fsp3) is 0.125. The fourth-order valence-corrected chi connectivity index (χ4v) is 5.04. The van der Waals surface area contributed by atoms with Crippen molar-refractivity contribution in [3.63, 3.8) is 0 Å². The molecule has 6 rings (SSSR count). The highest BCUT2D eigenvalue weighted by atomic mass is 19.1. The molecule has 1 N–H and O–H groups in total. The number of anilines is 2. The lowest BCUT2D eigenvalue weighted by Crippen LogP contribution is -2.46. The number of ketones is 1. The van der Waals surface area contributed by atoms with Crippen molar-refractivity contribution in [2.24, 2.45) is 0 Å². The second kappa shape index (κ2) is 11.4. The van der Waals surface area contributed by atoms with Gasteiger partial charge in [-0.25, -0.2) is 8.78 Å². The minimum absolute atomic E-state index is 0.0335. The molecule has 0 bridgehead atoms. The number of benzene rings is 4. The standard InChI is InChI=1S/C32H23F2N3O6/c33-21-9-5-19(6-10-21)16-37(28(38)17-36-25-4-2-1-3-24(25)30(39)32(36)41)29(20-7-11-22(34)12-8-20)31(40)35-23-13-14-26-27(15-23)43-18-42-26/h1-15,29H,16-18H2,(H,35,40)/t29-/m1/s1. The van der Waals surface area contributed by atoms with E-state index in [2.05, 4.69) is 5.32 Å². The van der Waals surface area contributed by atoms with Crippen LogP contribution >= 0.6 is 0 Å². The third kappa shape index (κ3) is 5.52. The van der Waals surface area contributed by atoms with Crippen molar-refractivity contribution in [3.05, 3.63) is 119 Å². The van der Waals surface area contributed by atoms with Crippen molar-refractivity contribution in [1.29, 1.82) is 0 Å². The Morgan fingerprint density at radius 1 is 0.860 bits per heavy atom. The van der Waals surface area contributed by atoms with Gasteiger partial charge in [0.1, 0.15) is 24.2 Å². The van der Waals surface area contributed by atoms with Crippen molar-refractivity contribution in [2.45, 2.75) is 12.6 Å². The second-order valence-electron chi connectivity index (χ2n) is 9.90. The third-order valence-electron chi connectivity index (χ3n) is 7.14. The van der Waals surface area contributed by atoms with Crippen LogP contribution in [0.5, 0.6) is 11.5 Å². The maximum absolute atomic E-state index is 14.1. The predicted octanol–water partition coefficient (Wildman–Crippen LogP) is 4.63. The largest absolute Gasteiger partial charge is 0.454 e. The summed E-state index contributed by atoms with van der Waals surface area (Å²) in [7, 11) is 0. The smallest absolute Gasteiger partial charge is 0.299 e. The SMILES string of the molecule is O=C1C(=O)N(CC(=O)N(Cc2ccc(F)cc2)[C@@H](C(=O)Nc2ccc3c(c2)OCO3)c2ccc(F)cc2)c2ccccc21. The van der Waals surface area contributed by atoms with E-state index in [1.54, 1.807) is 36.4 Å². The van der Waals surface area contributed by atoms with Crippen LogP contribution in [0.3, 0.4) is 0 Å². The van der Waals surface area contributed by atoms with E-state index in [1.807, 2.05) is 0 Å². The number of ether oxygens (including phenoxy) is 2. The normalized spacial score (nSPS) is 14.0. The Bertz CT molecular complexity index is 1740. The average molecular weight is 584 g/mol. The summed E-state index contributed by atoms with van der Waals surface area (Å²) in [6.45, 7) is -0.698. The molecule has 11 heteroatoms. The summed E-state index contributed by atoms with van der Waals surface area (Å²) < 4.78 is 38.4. The van der Waals surface area contributed by atoms with E-state index in [4.69, 9.17) is 9.47 Å². The maximum atomic E-state index is 14.1. The van der Waals surface area contributed by atoms with Gasteiger partial charge in [-0.05, 0) is 59.7 Å². The number of hydrogen-bond acceptors (Lipinski definition) is 6. The van der Waals surface area contributed by atoms with Gasteiger partial charge in [-0.15, -0.1) is 0 Å². The van der Waals surface area contributed by atoms with Crippen LogP contribution in [0.1, 0.15) is 27.5 Å². The molecule has 0 fully saturated rings. The van der Waals surface area contributed by atoms with E-state index in [1.165, 1.54) is 47.4 Å². The molecule has 0 radical (unpaired) electrons. The van der Waals surface area contributed by atoms with Crippen LogP contribution in [0, 0.1) is 11.6 Å². The number of rotatable bonds is 8. The maximum Gasteiger partial charge on any atom is 0.299 e. The number of halogens is 2. The van der Waals surface area contributed by atoms with Gasteiger partial charge in [0.15, 0.2) is 11.5 Å². The molecule has 0 spiro atoms. The first kappa shape index (κ1) is 27.6. The highest BCUT2D eigenvalue weighted by Gasteiger charge is 2.39. The van der Waals surface area contributed by atoms with Crippen LogP contribution in [0.15, 0.2) is 91.0 Å². The number of para-hydroxylation sites is 1. The van der Waals surface area contributed by atoms with E-state index < -0.39 is 47.7 Å². The quantitative estimate of drug-likeness (QED) is 0.304. The molecule has 2 aliphatic heterocycles. The first-order valence-corrected chi connectivity index (χ1v) is 13.2. The predicted molar refractivity (Wildman–Crippen MR) is 150 cm³/mol. The van der Waals surface area contributed by atoms with Gasteiger partial charge in [-0.1, -0.05) is 36.4 Å². The zero-order valence-electron chi connectivity index (χ0n) is 22.5. The Balaban J connectivity index is 1.38. The number of nitrogens with one attached hydrogen (secondary N) is 1. The lowest BCUT2D eigenvalue weighted by molar-refractivity contribution is -0.139. The van der Waals surface area contributed by atoms with Gasteiger partial charge in [0.25, 0.3) is 17.6 Å². The van der Waals surface area contributed by atoms with Gasteiger partial charge in [-0.3, -0.25) is 24.1 Å². The number of fused-ring (bicyclic) bond motifs is 2. The Labute approximate surface area is 244 Å². The molecule has 0 aromatic heterocycles. The Hall–Kier alpha value is -5.58. The first-order valence-electron chi connectivity index (χ1n) is 13.2. The van der Waals surface area contributed by atoms with Crippen molar-refractivity contribution < 1.29 is 37.4 Å². The summed E-state index contributed by atoms with van der Waals surface area (Å²) in [5, 5.41) is 2.78. The first-order chi connectivity index (χ1) is 20.8. The number of carbonyl (C=O) groups is 4. The Morgan fingerprint density at radius 3 is 2.28 bits per heavy atom. The summed E-state index contributed by atoms with van der Waals surface area (Å²) in [5.74, 6) is -3.06. The number of nitrogens with zero attached hydrogens (tertiary/aromatic N) is 2. The van der Waals surface area contributed by atoms with E-state index in [0.29, 0.717) is 22.7 Å². The topological polar surface area (TPSA) is 105 Å². The molecule has 0 saturated carbocycles. The summed E-state index contributed by atoms with van der Waals surface area (Å²) in [6, 6.07) is 20.2. The van der Waals surface area contributed by atoms with Gasteiger partial charge >= 0.3 is 0 Å². The highest BCUT2D eigenvalue weighted by molar-refractivity contribution is 6.52. The molecule has 4 aromatic rings. The molecule has 2 heterocycles. The van der Waals surface area contributed by atoms with Gasteiger partial charge in [-0.2, -0.15) is 0 Å². The zero-order chi connectivity index (χ0) is 30.1. The van der Waals surface area contributed by atoms with Gasteiger partial charge in [0.2, 0.25) is 12.7 Å². The monoisotopic (exact) mass is 583 g/mol. The van der Waals surface area contributed by atoms with E-state index >= 15 is 0 Å². The van der Waals surface area contributed by atoms with Crippen molar-refractivity contribution in [3.8, 4) is 11.5 Å². The highest BCUT2D eigenvalue weighted by Crippen LogP contribution is 2.35. The third-order valence-corrected chi connectivity index (χ3v) is 7.14. The Morgan fingerprint density at radius 2 is 1.53 bits per heavy atom. The summed E-state index contributed by atoms with van der Waals surface area (Å²) >= 11 is 0. The van der Waals surface area contributed by atoms with E-state index in [0.717, 1.165) is 17.0 Å². The summed E-state index contributed by atoms with van der Waals surface area (Å²) in [5.41, 5.74) is 1.56. The van der Waals surface area contributed by atoms with Crippen molar-refractivity contribution in [2.75, 3.05) is 23.6 Å². The average Bonchev–Trinajstić information content (AvgIpc) is 3.57. The molecular weight excluding hydrogens is 560 g/mol. The van der Waals surface area contributed by atoms with Crippen LogP contribution in [0.25, 0.3) is 0 Å². The van der Waals surface area contributed by atoms with Gasteiger partial charge in [0, 0.05) is 18.3 Å². The molecule has 1 atom stereocenters. The minimum atomic E-state index is -1.33. The van der Waals surface area contributed by atoms with E-state index in [9.17, 15) is 28.0 Å². The molecule has 4 aromatic carbocycles. The number of Topliss-reactive ketones (excluding diaryl/α,β-unsaturated/α-hetero) is 1. The van der Waals surface area contributed by atoms with Crippen LogP contribution in [0.4, 0.5) is 20.2 Å². The van der Waals surface area contributed by atoms with Crippen LogP contribution in [0.2, 0.25) is 0 Å². The van der Waals surface area contributed by atoms with E-state index in [-0.39, 0.29) is 30.2 Å². The van der Waals surface area contributed by atoms with Crippen LogP contribution in [-0.2, 0) is 20.9 Å². The minimum Gasteiger partial charge on any atom is -0.454 e. The number of hydrogen-bond donors (Lipinski definition) is 1. The second-order valence-corrected chi connectivity index (χ2v) is 9.90. The number of carbonyl (C=O) groups excluding carboxylic acids is 4. The van der Waals surface area contributed by atoms with Crippen molar-refractivity contribution in [1.82, 2.24) is 4.90 Å². The lowest BCUT2D eigenvalue weighted by Gasteiger charge is -2.33. The molecule has 0 unspecified atom stereocenters. The van der Waals surface area contributed by atoms with Gasteiger partial charge in [0.05, 0.1) is 11.3 Å². The summed E-state index contributed by atoms with van der Waals surface area (Å²) in [4.78, 5) is 55.8. The molecule has 0 aliphatic carbocycles. The number of amides is 3. The molecule has 0 saturated heterocycles. The van der Waals surface area contributed by atoms with Crippen molar-refractivity contribution >= 4 is 34.9 Å². The van der Waals surface area contributed by atoms with Crippen LogP contribution < -0.4 is 19.7 Å². The molecule has 216 valence electrons. The molecular formula is C32H23F2N3O6. The Kier molecular flexibility index (Phi) is 7.29. The zero-order valence-corrected chi connectivity index (χ0v) is 22.5.